The lowest BCUT2D eigenvalue weighted by atomic mass is 10.1. The third-order valence-corrected chi connectivity index (χ3v) is 7.03. The molecule has 1 aromatic carbocycles. The van der Waals surface area contributed by atoms with Crippen molar-refractivity contribution in [3.05, 3.63) is 50.7 Å². The van der Waals surface area contributed by atoms with Gasteiger partial charge >= 0.3 is 0 Å². The molecule has 0 saturated carbocycles. The number of hydroxylamine groups is 2. The fourth-order valence-electron chi connectivity index (χ4n) is 4.42. The lowest BCUT2D eigenvalue weighted by Crippen LogP contribution is -2.34. The molecule has 1 aromatic heterocycles. The number of hydrogen-bond acceptors (Lipinski definition) is 8. The molecule has 2 aliphatic heterocycles. The van der Waals surface area contributed by atoms with E-state index in [1.54, 1.807) is 11.3 Å². The van der Waals surface area contributed by atoms with Gasteiger partial charge in [-0.3, -0.25) is 19.3 Å². The zero-order chi connectivity index (χ0) is 25.7. The minimum Gasteiger partial charge on any atom is -0.387 e. The van der Waals surface area contributed by atoms with Gasteiger partial charge in [-0.25, -0.2) is 10.1 Å². The third kappa shape index (κ3) is 6.19. The summed E-state index contributed by atoms with van der Waals surface area (Å²) in [5, 5.41) is 4.33. The predicted octanol–water partition coefficient (Wildman–Crippen LogP) is 3.52. The van der Waals surface area contributed by atoms with Crippen molar-refractivity contribution in [2.24, 2.45) is 16.5 Å². The van der Waals surface area contributed by atoms with Crippen molar-refractivity contribution < 1.29 is 14.4 Å². The number of nitrogens with zero attached hydrogens (tertiary/aromatic N) is 3. The Morgan fingerprint density at radius 3 is 2.78 bits per heavy atom. The fourth-order valence-corrected chi connectivity index (χ4v) is 5.54. The van der Waals surface area contributed by atoms with Crippen LogP contribution in [0.25, 0.3) is 6.08 Å². The minimum atomic E-state index is -0.163. The van der Waals surface area contributed by atoms with Crippen molar-refractivity contribution in [2.45, 2.75) is 52.7 Å². The number of hydrogen-bond donors (Lipinski definition) is 3. The first-order chi connectivity index (χ1) is 17.4. The number of thiophene rings is 1. The van der Waals surface area contributed by atoms with Gasteiger partial charge in [-0.1, -0.05) is 13.0 Å². The van der Waals surface area contributed by atoms with Crippen LogP contribution in [0.3, 0.4) is 0 Å². The molecule has 36 heavy (non-hydrogen) atoms. The molecule has 4 rings (SSSR count). The summed E-state index contributed by atoms with van der Waals surface area (Å²) in [6, 6.07) is 8.11. The predicted molar refractivity (Wildman–Crippen MR) is 144 cm³/mol. The molecular formula is C26H34N6O3S. The molecule has 2 aliphatic rings. The van der Waals surface area contributed by atoms with E-state index in [0.717, 1.165) is 47.2 Å². The van der Waals surface area contributed by atoms with Crippen LogP contribution in [-0.2, 0) is 34.1 Å². The quantitative estimate of drug-likeness (QED) is 0.420. The van der Waals surface area contributed by atoms with Gasteiger partial charge in [0, 0.05) is 61.7 Å². The second-order valence-corrected chi connectivity index (χ2v) is 10.1. The first kappa shape index (κ1) is 26.0. The van der Waals surface area contributed by atoms with E-state index in [-0.39, 0.29) is 11.8 Å². The molecule has 0 unspecified atom stereocenters. The summed E-state index contributed by atoms with van der Waals surface area (Å²) in [6.07, 6.45) is 3.32. The summed E-state index contributed by atoms with van der Waals surface area (Å²) in [5.74, 6) is 0.185. The van der Waals surface area contributed by atoms with E-state index < -0.39 is 0 Å². The number of aliphatic imine (C=N–C) groups is 1. The molecular weight excluding hydrogens is 476 g/mol. The van der Waals surface area contributed by atoms with Crippen molar-refractivity contribution >= 4 is 46.4 Å². The van der Waals surface area contributed by atoms with Gasteiger partial charge in [0.15, 0.2) is 0 Å². The Kier molecular flexibility index (Phi) is 8.52. The molecule has 0 saturated heterocycles. The molecule has 5 N–H and O–H groups in total. The van der Waals surface area contributed by atoms with E-state index in [4.69, 9.17) is 16.3 Å². The van der Waals surface area contributed by atoms with Crippen molar-refractivity contribution in [1.29, 1.82) is 0 Å². The Hall–Kier alpha value is -3.05. The van der Waals surface area contributed by atoms with Crippen molar-refractivity contribution in [3.63, 3.8) is 0 Å². The zero-order valence-corrected chi connectivity index (χ0v) is 21.7. The highest BCUT2D eigenvalue weighted by Gasteiger charge is 2.24. The molecule has 0 radical (unpaired) electrons. The SMILES string of the molecule is CCCN(OCC)C(=O)C1=Cc2sc(CN3Cc4ccc(NC(=O)CCN)cc4C3)cc2N=C(N)C1. The average Bonchev–Trinajstić information content (AvgIpc) is 3.36. The lowest BCUT2D eigenvalue weighted by Gasteiger charge is -2.21. The molecule has 2 amide bonds. The summed E-state index contributed by atoms with van der Waals surface area (Å²) in [7, 11) is 0. The Morgan fingerprint density at radius 2 is 2.03 bits per heavy atom. The second-order valence-electron chi connectivity index (χ2n) is 8.95. The standard InChI is InChI=1S/C26H34N6O3S/c1-3-9-32(35-4-2)26(34)18-11-23-22(30-24(28)12-18)13-21(36-23)16-31-14-17-5-6-20(10-19(17)15-31)29-25(33)7-8-27/h5-6,10-11,13H,3-4,7-9,12,14-16,27H2,1-2H3,(H2,28,30)(H,29,33). The molecule has 9 nitrogen and oxygen atoms in total. The average molecular weight is 511 g/mol. The monoisotopic (exact) mass is 510 g/mol. The Morgan fingerprint density at radius 1 is 1.22 bits per heavy atom. The number of carbonyl (C=O) groups excluding carboxylic acids is 2. The minimum absolute atomic E-state index is 0.0720. The van der Waals surface area contributed by atoms with Crippen molar-refractivity contribution in [1.82, 2.24) is 9.96 Å². The molecule has 0 bridgehead atoms. The number of rotatable bonds is 10. The largest absolute Gasteiger partial charge is 0.387 e. The van der Waals surface area contributed by atoms with E-state index in [1.807, 2.05) is 32.1 Å². The topological polar surface area (TPSA) is 126 Å². The van der Waals surface area contributed by atoms with E-state index in [1.165, 1.54) is 16.2 Å². The van der Waals surface area contributed by atoms with Crippen LogP contribution in [0.5, 0.6) is 0 Å². The maximum Gasteiger partial charge on any atom is 0.273 e. The van der Waals surface area contributed by atoms with Crippen molar-refractivity contribution in [2.75, 3.05) is 25.0 Å². The highest BCUT2D eigenvalue weighted by Crippen LogP contribution is 2.36. The lowest BCUT2D eigenvalue weighted by molar-refractivity contribution is -0.180. The Labute approximate surface area is 215 Å². The molecule has 3 heterocycles. The molecule has 0 fully saturated rings. The number of anilines is 1. The van der Waals surface area contributed by atoms with Gasteiger partial charge in [0.2, 0.25) is 5.91 Å². The van der Waals surface area contributed by atoms with Gasteiger partial charge in [0.25, 0.3) is 5.91 Å². The summed E-state index contributed by atoms with van der Waals surface area (Å²) >= 11 is 1.63. The fraction of sp³-hybridized carbons (Fsp3) is 0.423. The Bertz CT molecular complexity index is 1180. The van der Waals surface area contributed by atoms with E-state index in [2.05, 4.69) is 27.3 Å². The van der Waals surface area contributed by atoms with Gasteiger partial charge in [0.1, 0.15) is 5.84 Å². The second kappa shape index (κ2) is 11.8. The molecule has 2 aromatic rings. The van der Waals surface area contributed by atoms with Crippen LogP contribution >= 0.6 is 11.3 Å². The summed E-state index contributed by atoms with van der Waals surface area (Å²) in [4.78, 5) is 39.6. The maximum atomic E-state index is 13.1. The van der Waals surface area contributed by atoms with E-state index >= 15 is 0 Å². The molecule has 0 aliphatic carbocycles. The van der Waals surface area contributed by atoms with E-state index in [9.17, 15) is 9.59 Å². The normalized spacial score (nSPS) is 15.0. The van der Waals surface area contributed by atoms with Crippen LogP contribution in [0.2, 0.25) is 0 Å². The van der Waals surface area contributed by atoms with Gasteiger partial charge in [-0.05, 0) is 48.7 Å². The smallest absolute Gasteiger partial charge is 0.273 e. The van der Waals surface area contributed by atoms with Crippen molar-refractivity contribution in [3.8, 4) is 0 Å². The van der Waals surface area contributed by atoms with E-state index in [0.29, 0.717) is 43.9 Å². The first-order valence-corrected chi connectivity index (χ1v) is 13.2. The number of nitrogens with two attached hydrogens (primary N) is 2. The van der Waals surface area contributed by atoms with Gasteiger partial charge in [-0.2, -0.15) is 0 Å². The number of fused-ring (bicyclic) bond motifs is 2. The summed E-state index contributed by atoms with van der Waals surface area (Å²) < 4.78 is 0. The van der Waals surface area contributed by atoms with Crippen LogP contribution in [0.4, 0.5) is 11.4 Å². The van der Waals surface area contributed by atoms with Crippen LogP contribution in [-0.4, -0.2) is 47.3 Å². The van der Waals surface area contributed by atoms with Crippen LogP contribution in [0, 0.1) is 0 Å². The number of amidine groups is 1. The number of benzene rings is 1. The zero-order valence-electron chi connectivity index (χ0n) is 20.9. The maximum absolute atomic E-state index is 13.1. The molecule has 192 valence electrons. The number of carbonyl (C=O) groups is 2. The number of amides is 2. The highest BCUT2D eigenvalue weighted by atomic mass is 32.1. The van der Waals surface area contributed by atoms with Crippen LogP contribution < -0.4 is 16.8 Å². The van der Waals surface area contributed by atoms with Gasteiger partial charge in [-0.15, -0.1) is 11.3 Å². The summed E-state index contributed by atoms with van der Waals surface area (Å²) in [6.45, 7) is 7.55. The molecule has 0 atom stereocenters. The van der Waals surface area contributed by atoms with Gasteiger partial charge in [0.05, 0.1) is 17.2 Å². The molecule has 10 heteroatoms. The van der Waals surface area contributed by atoms with Crippen LogP contribution in [0.1, 0.15) is 54.0 Å². The highest BCUT2D eigenvalue weighted by molar-refractivity contribution is 7.13. The Balaban J connectivity index is 1.47. The third-order valence-electron chi connectivity index (χ3n) is 5.97. The van der Waals surface area contributed by atoms with Crippen LogP contribution in [0.15, 0.2) is 34.8 Å². The van der Waals surface area contributed by atoms with Gasteiger partial charge < -0.3 is 16.8 Å². The summed E-state index contributed by atoms with van der Waals surface area (Å²) in [5.41, 5.74) is 16.3. The first-order valence-electron chi connectivity index (χ1n) is 12.3. The number of nitrogens with one attached hydrogen (secondary N) is 1. The molecule has 0 spiro atoms.